The van der Waals surface area contributed by atoms with E-state index in [2.05, 4.69) is 45.0 Å². The molecule has 0 fully saturated rings. The number of hydrogen-bond donors (Lipinski definition) is 2. The van der Waals surface area contributed by atoms with E-state index in [1.54, 1.807) is 0 Å². The molecule has 4 nitrogen and oxygen atoms in total. The van der Waals surface area contributed by atoms with Crippen LogP contribution in [0.1, 0.15) is 53.4 Å². The Balaban J connectivity index is 4.40. The van der Waals surface area contributed by atoms with Crippen molar-refractivity contribution in [2.45, 2.75) is 59.4 Å². The predicted molar refractivity (Wildman–Crippen MR) is 82.1 cm³/mol. The van der Waals surface area contributed by atoms with Crippen molar-refractivity contribution < 1.29 is 4.79 Å². The summed E-state index contributed by atoms with van der Waals surface area (Å²) in [7, 11) is 2.07. The number of nitrogens with two attached hydrogens (primary N) is 1. The average molecular weight is 271 g/mol. The maximum atomic E-state index is 12.4. The van der Waals surface area contributed by atoms with Crippen molar-refractivity contribution in [3.8, 4) is 0 Å². The summed E-state index contributed by atoms with van der Waals surface area (Å²) < 4.78 is 0. The van der Waals surface area contributed by atoms with E-state index in [4.69, 9.17) is 5.73 Å². The molecule has 114 valence electrons. The quantitative estimate of drug-likeness (QED) is 0.639. The fourth-order valence-electron chi connectivity index (χ4n) is 2.40. The summed E-state index contributed by atoms with van der Waals surface area (Å²) in [5.41, 5.74) is 5.53. The van der Waals surface area contributed by atoms with Gasteiger partial charge in [-0.05, 0) is 33.7 Å². The molecule has 0 spiro atoms. The van der Waals surface area contributed by atoms with Gasteiger partial charge in [0.2, 0.25) is 5.91 Å². The Bertz CT molecular complexity index is 248. The molecular formula is C15H33N3O. The van der Waals surface area contributed by atoms with Gasteiger partial charge < -0.3 is 16.0 Å². The normalized spacial score (nSPS) is 12.2. The molecular weight excluding hydrogens is 238 g/mol. The molecule has 0 aromatic rings. The van der Waals surface area contributed by atoms with Crippen LogP contribution in [0.5, 0.6) is 0 Å². The predicted octanol–water partition coefficient (Wildman–Crippen LogP) is 1.99. The zero-order valence-electron chi connectivity index (χ0n) is 13.5. The standard InChI is InChI=1S/C15H33N3O/c1-6-8-15(12-16,9-7-2)14(19)17-10-11-18(5)13(3)4/h13H,6-12,16H2,1-5H3,(H,17,19). The lowest BCUT2D eigenvalue weighted by atomic mass is 9.78. The van der Waals surface area contributed by atoms with Crippen LogP contribution in [0.4, 0.5) is 0 Å². The maximum absolute atomic E-state index is 12.4. The van der Waals surface area contributed by atoms with Gasteiger partial charge in [-0.25, -0.2) is 0 Å². The van der Waals surface area contributed by atoms with Crippen LogP contribution in [0.3, 0.4) is 0 Å². The first kappa shape index (κ1) is 18.4. The number of hydrogen-bond acceptors (Lipinski definition) is 3. The Morgan fingerprint density at radius 3 is 2.16 bits per heavy atom. The van der Waals surface area contributed by atoms with Crippen molar-refractivity contribution in [2.75, 3.05) is 26.7 Å². The zero-order valence-corrected chi connectivity index (χ0v) is 13.5. The van der Waals surface area contributed by atoms with Gasteiger partial charge in [0.15, 0.2) is 0 Å². The van der Waals surface area contributed by atoms with Crippen LogP contribution in [0.2, 0.25) is 0 Å². The van der Waals surface area contributed by atoms with E-state index in [9.17, 15) is 4.79 Å². The second-order valence-corrected chi connectivity index (χ2v) is 5.81. The Morgan fingerprint density at radius 2 is 1.79 bits per heavy atom. The van der Waals surface area contributed by atoms with Gasteiger partial charge in [-0.2, -0.15) is 0 Å². The van der Waals surface area contributed by atoms with E-state index in [0.717, 1.165) is 32.2 Å². The second kappa shape index (κ2) is 9.32. The van der Waals surface area contributed by atoms with Gasteiger partial charge in [0.25, 0.3) is 0 Å². The topological polar surface area (TPSA) is 58.4 Å². The van der Waals surface area contributed by atoms with Gasteiger partial charge in [-0.15, -0.1) is 0 Å². The summed E-state index contributed by atoms with van der Waals surface area (Å²) in [5.74, 6) is 0.135. The fraction of sp³-hybridized carbons (Fsp3) is 0.933. The van der Waals surface area contributed by atoms with Crippen LogP contribution in [-0.2, 0) is 4.79 Å². The van der Waals surface area contributed by atoms with Crippen LogP contribution in [0.25, 0.3) is 0 Å². The molecule has 0 rings (SSSR count). The molecule has 0 atom stereocenters. The first-order valence-electron chi connectivity index (χ1n) is 7.62. The highest BCUT2D eigenvalue weighted by atomic mass is 16.2. The largest absolute Gasteiger partial charge is 0.354 e. The van der Waals surface area contributed by atoms with Gasteiger partial charge in [0.1, 0.15) is 0 Å². The highest BCUT2D eigenvalue weighted by molar-refractivity contribution is 5.82. The molecule has 0 aromatic carbocycles. The summed E-state index contributed by atoms with van der Waals surface area (Å²) in [6, 6.07) is 0.502. The lowest BCUT2D eigenvalue weighted by Gasteiger charge is -2.31. The van der Waals surface area contributed by atoms with Crippen molar-refractivity contribution in [1.29, 1.82) is 0 Å². The molecule has 0 saturated heterocycles. The van der Waals surface area contributed by atoms with Crippen molar-refractivity contribution in [3.63, 3.8) is 0 Å². The van der Waals surface area contributed by atoms with Crippen LogP contribution < -0.4 is 11.1 Å². The third-order valence-corrected chi connectivity index (χ3v) is 3.96. The number of rotatable bonds is 10. The average Bonchev–Trinajstić information content (AvgIpc) is 2.37. The SMILES string of the molecule is CCCC(CN)(CCC)C(=O)NCCN(C)C(C)C. The number of nitrogens with zero attached hydrogens (tertiary/aromatic N) is 1. The van der Waals surface area contributed by atoms with Crippen molar-refractivity contribution in [1.82, 2.24) is 10.2 Å². The third kappa shape index (κ3) is 5.91. The zero-order chi connectivity index (χ0) is 14.9. The Labute approximate surface area is 119 Å². The van der Waals surface area contributed by atoms with E-state index >= 15 is 0 Å². The molecule has 0 saturated carbocycles. The molecule has 0 aliphatic carbocycles. The van der Waals surface area contributed by atoms with Crippen LogP contribution in [0.15, 0.2) is 0 Å². The third-order valence-electron chi connectivity index (χ3n) is 3.96. The first-order valence-corrected chi connectivity index (χ1v) is 7.62. The summed E-state index contributed by atoms with van der Waals surface area (Å²) >= 11 is 0. The van der Waals surface area contributed by atoms with Gasteiger partial charge in [-0.3, -0.25) is 4.79 Å². The van der Waals surface area contributed by atoms with Crippen molar-refractivity contribution >= 4 is 5.91 Å². The molecule has 4 heteroatoms. The van der Waals surface area contributed by atoms with Gasteiger partial charge in [-0.1, -0.05) is 26.7 Å². The molecule has 0 aromatic heterocycles. The van der Waals surface area contributed by atoms with E-state index in [-0.39, 0.29) is 11.3 Å². The molecule has 0 aliphatic heterocycles. The molecule has 0 aliphatic rings. The van der Waals surface area contributed by atoms with Crippen LogP contribution >= 0.6 is 0 Å². The molecule has 0 bridgehead atoms. The van der Waals surface area contributed by atoms with E-state index in [1.807, 2.05) is 0 Å². The monoisotopic (exact) mass is 271 g/mol. The Morgan fingerprint density at radius 1 is 1.26 bits per heavy atom. The molecule has 0 radical (unpaired) electrons. The van der Waals surface area contributed by atoms with Crippen molar-refractivity contribution in [2.24, 2.45) is 11.1 Å². The van der Waals surface area contributed by atoms with Crippen LogP contribution in [0, 0.1) is 5.41 Å². The fourth-order valence-corrected chi connectivity index (χ4v) is 2.40. The smallest absolute Gasteiger partial charge is 0.227 e. The maximum Gasteiger partial charge on any atom is 0.227 e. The number of amides is 1. The number of nitrogens with one attached hydrogen (secondary N) is 1. The summed E-state index contributed by atoms with van der Waals surface area (Å²) in [6.07, 6.45) is 3.75. The summed E-state index contributed by atoms with van der Waals surface area (Å²) in [6.45, 7) is 10.5. The van der Waals surface area contributed by atoms with Crippen LogP contribution in [-0.4, -0.2) is 43.5 Å². The summed E-state index contributed by atoms with van der Waals surface area (Å²) in [5, 5.41) is 3.07. The molecule has 19 heavy (non-hydrogen) atoms. The van der Waals surface area contributed by atoms with E-state index in [0.29, 0.717) is 19.1 Å². The minimum absolute atomic E-state index is 0.135. The minimum atomic E-state index is -0.361. The van der Waals surface area contributed by atoms with Crippen molar-refractivity contribution in [3.05, 3.63) is 0 Å². The highest BCUT2D eigenvalue weighted by Gasteiger charge is 2.34. The van der Waals surface area contributed by atoms with Gasteiger partial charge in [0.05, 0.1) is 5.41 Å². The van der Waals surface area contributed by atoms with Gasteiger partial charge >= 0.3 is 0 Å². The molecule has 0 heterocycles. The lowest BCUT2D eigenvalue weighted by Crippen LogP contribution is -2.48. The number of carbonyl (C=O) groups is 1. The van der Waals surface area contributed by atoms with Gasteiger partial charge in [0, 0.05) is 25.7 Å². The second-order valence-electron chi connectivity index (χ2n) is 5.81. The Kier molecular flexibility index (Phi) is 9.02. The first-order chi connectivity index (χ1) is 8.93. The number of carbonyl (C=O) groups excluding carboxylic acids is 1. The molecule has 0 unspecified atom stereocenters. The Hall–Kier alpha value is -0.610. The lowest BCUT2D eigenvalue weighted by molar-refractivity contribution is -0.131. The summed E-state index contributed by atoms with van der Waals surface area (Å²) in [4.78, 5) is 14.6. The highest BCUT2D eigenvalue weighted by Crippen LogP contribution is 2.28. The molecule has 1 amide bonds. The molecule has 3 N–H and O–H groups in total. The van der Waals surface area contributed by atoms with E-state index in [1.165, 1.54) is 0 Å². The van der Waals surface area contributed by atoms with E-state index < -0.39 is 0 Å². The minimum Gasteiger partial charge on any atom is -0.354 e. The number of likely N-dealkylation sites (N-methyl/N-ethyl adjacent to an activating group) is 1.